The van der Waals surface area contributed by atoms with Crippen LogP contribution in [0, 0.1) is 0 Å². The summed E-state index contributed by atoms with van der Waals surface area (Å²) in [5.41, 5.74) is -4.27. The Balaban J connectivity index is 2.56. The molecule has 1 N–H and O–H groups in total. The Morgan fingerprint density at radius 3 is 2.39 bits per heavy atom. The number of ether oxygens (including phenoxy) is 2. The van der Waals surface area contributed by atoms with Crippen LogP contribution in [0.15, 0.2) is 39.6 Å². The molecule has 0 radical (unpaired) electrons. The van der Waals surface area contributed by atoms with Crippen molar-refractivity contribution >= 4 is 29.2 Å². The van der Waals surface area contributed by atoms with Gasteiger partial charge < -0.3 is 14.6 Å². The number of aromatic nitrogens is 2. The number of carboxylic acid groups (broad SMARTS) is 1. The molecule has 0 saturated carbocycles. The van der Waals surface area contributed by atoms with E-state index in [1.54, 1.807) is 6.92 Å². The molecule has 0 spiro atoms. The Bertz CT molecular complexity index is 1150. The number of hydrogen-bond donors (Lipinski definition) is 1. The fourth-order valence-corrected chi connectivity index (χ4v) is 3.04. The van der Waals surface area contributed by atoms with Crippen LogP contribution in [-0.4, -0.2) is 33.4 Å². The predicted octanol–water partition coefficient (Wildman–Crippen LogP) is 3.25. The Morgan fingerprint density at radius 2 is 1.84 bits per heavy atom. The largest absolute Gasteiger partial charge is 0.494 e. The maximum atomic E-state index is 13.0. The number of aliphatic carboxylic acids is 1. The van der Waals surface area contributed by atoms with Gasteiger partial charge in [-0.15, -0.1) is 0 Å². The number of nitrogens with zero attached hydrogens (tertiary/aromatic N) is 2. The number of carboxylic acids is 1. The highest BCUT2D eigenvalue weighted by atomic mass is 35.5. The number of benzene rings is 1. The van der Waals surface area contributed by atoms with Gasteiger partial charge in [-0.05, 0) is 13.0 Å². The number of rotatable bonds is 7. The van der Waals surface area contributed by atoms with E-state index < -0.39 is 29.1 Å². The Hall–Kier alpha value is -2.92. The number of carbonyl (C=O) groups is 1. The average Bonchev–Trinajstić information content (AvgIpc) is 2.64. The maximum absolute atomic E-state index is 13.0. The van der Waals surface area contributed by atoms with Gasteiger partial charge in [0.1, 0.15) is 23.8 Å². The molecule has 0 aliphatic carbocycles. The maximum Gasteiger partial charge on any atom is 0.431 e. The van der Waals surface area contributed by atoms with E-state index in [-0.39, 0.29) is 51.1 Å². The number of alkyl halides is 3. The molecule has 13 heteroatoms. The summed E-state index contributed by atoms with van der Waals surface area (Å²) in [5, 5.41) is 8.58. The summed E-state index contributed by atoms with van der Waals surface area (Å²) >= 11 is 12.1. The van der Waals surface area contributed by atoms with Gasteiger partial charge in [0.05, 0.1) is 28.4 Å². The van der Waals surface area contributed by atoms with E-state index in [1.807, 2.05) is 0 Å². The van der Waals surface area contributed by atoms with E-state index in [2.05, 4.69) is 0 Å². The highest BCUT2D eigenvalue weighted by molar-refractivity contribution is 6.36. The first-order chi connectivity index (χ1) is 14.4. The standard InChI is InChI=1S/C18H15Cl2F3N2O6/c1-3-30-9(4-16(27)28)8-31-13-6-12(10(19)5-11(13)20)25-15(26)7-14(18(21,22)23)24(2)17(25)29/h4-7H,3,8H2,1-2H3,(H,27,28)/b9-4-. The van der Waals surface area contributed by atoms with E-state index in [0.717, 1.165) is 25.3 Å². The summed E-state index contributed by atoms with van der Waals surface area (Å²) in [5.74, 6) is -1.45. The second kappa shape index (κ2) is 9.48. The number of hydrogen-bond acceptors (Lipinski definition) is 5. The van der Waals surface area contributed by atoms with E-state index in [0.29, 0.717) is 4.57 Å². The molecule has 1 aromatic heterocycles. The van der Waals surface area contributed by atoms with Crippen LogP contribution in [0.3, 0.4) is 0 Å². The minimum atomic E-state index is -4.92. The molecule has 0 aliphatic heterocycles. The molecule has 0 fully saturated rings. The minimum absolute atomic E-state index is 0.0508. The van der Waals surface area contributed by atoms with Crippen molar-refractivity contribution in [3.8, 4) is 11.4 Å². The van der Waals surface area contributed by atoms with Crippen LogP contribution in [0.5, 0.6) is 5.75 Å². The molecule has 31 heavy (non-hydrogen) atoms. The van der Waals surface area contributed by atoms with E-state index in [4.69, 9.17) is 37.8 Å². The van der Waals surface area contributed by atoms with Gasteiger partial charge in [-0.25, -0.2) is 14.2 Å². The van der Waals surface area contributed by atoms with E-state index >= 15 is 0 Å². The van der Waals surface area contributed by atoms with Gasteiger partial charge in [0.2, 0.25) is 0 Å². The third-order valence-electron chi connectivity index (χ3n) is 3.84. The summed E-state index contributed by atoms with van der Waals surface area (Å²) in [6.07, 6.45) is -4.15. The molecule has 168 valence electrons. The zero-order valence-corrected chi connectivity index (χ0v) is 17.5. The summed E-state index contributed by atoms with van der Waals surface area (Å²) in [6.45, 7) is 1.40. The molecule has 0 atom stereocenters. The van der Waals surface area contributed by atoms with Gasteiger partial charge in [-0.2, -0.15) is 13.2 Å². The molecule has 1 heterocycles. The van der Waals surface area contributed by atoms with Crippen LogP contribution >= 0.6 is 23.2 Å². The molecule has 8 nitrogen and oxygen atoms in total. The number of halogens is 5. The van der Waals surface area contributed by atoms with Crippen molar-refractivity contribution in [1.29, 1.82) is 0 Å². The topological polar surface area (TPSA) is 99.8 Å². The van der Waals surface area contributed by atoms with E-state index in [9.17, 15) is 27.6 Å². The van der Waals surface area contributed by atoms with Gasteiger partial charge in [-0.1, -0.05) is 23.2 Å². The molecular weight excluding hydrogens is 468 g/mol. The van der Waals surface area contributed by atoms with Crippen molar-refractivity contribution in [2.24, 2.45) is 7.05 Å². The van der Waals surface area contributed by atoms with Crippen LogP contribution < -0.4 is 16.0 Å². The van der Waals surface area contributed by atoms with Crippen molar-refractivity contribution in [1.82, 2.24) is 9.13 Å². The van der Waals surface area contributed by atoms with Crippen LogP contribution in [-0.2, 0) is 22.8 Å². The first-order valence-corrected chi connectivity index (χ1v) is 9.21. The fourth-order valence-electron chi connectivity index (χ4n) is 2.52. The SMILES string of the molecule is CCO/C(=C\C(=O)O)COc1cc(-n2c(=O)cc(C(F)(F)F)n(C)c2=O)c(Cl)cc1Cl. The average molecular weight is 483 g/mol. The zero-order valence-electron chi connectivity index (χ0n) is 16.0. The van der Waals surface area contributed by atoms with Gasteiger partial charge in [0, 0.05) is 19.2 Å². The molecule has 2 aromatic rings. The molecule has 0 unspecified atom stereocenters. The highest BCUT2D eigenvalue weighted by Crippen LogP contribution is 2.33. The molecule has 0 saturated heterocycles. The minimum Gasteiger partial charge on any atom is -0.494 e. The monoisotopic (exact) mass is 482 g/mol. The second-order valence-electron chi connectivity index (χ2n) is 5.95. The lowest BCUT2D eigenvalue weighted by atomic mass is 10.2. The lowest BCUT2D eigenvalue weighted by molar-refractivity contribution is -0.144. The van der Waals surface area contributed by atoms with Crippen LogP contribution in [0.25, 0.3) is 5.69 Å². The van der Waals surface area contributed by atoms with Crippen LogP contribution in [0.4, 0.5) is 13.2 Å². The second-order valence-corrected chi connectivity index (χ2v) is 6.76. The molecule has 0 amide bonds. The summed E-state index contributed by atoms with van der Waals surface area (Å²) in [7, 11) is 0.855. The Morgan fingerprint density at radius 1 is 1.19 bits per heavy atom. The van der Waals surface area contributed by atoms with Crippen LogP contribution in [0.2, 0.25) is 10.0 Å². The van der Waals surface area contributed by atoms with Crippen molar-refractivity contribution in [2.75, 3.05) is 13.2 Å². The Labute approximate surface area is 182 Å². The normalized spacial score (nSPS) is 12.0. The summed E-state index contributed by atoms with van der Waals surface area (Å²) < 4.78 is 50.3. The zero-order chi connectivity index (χ0) is 23.5. The van der Waals surface area contributed by atoms with Gasteiger partial charge in [0.15, 0.2) is 0 Å². The first kappa shape index (κ1) is 24.4. The third kappa shape index (κ3) is 5.61. The molecule has 1 aromatic carbocycles. The Kier molecular flexibility index (Phi) is 7.45. The first-order valence-electron chi connectivity index (χ1n) is 8.45. The smallest absolute Gasteiger partial charge is 0.431 e. The summed E-state index contributed by atoms with van der Waals surface area (Å²) in [4.78, 5) is 35.6. The van der Waals surface area contributed by atoms with Crippen molar-refractivity contribution in [3.05, 3.63) is 66.6 Å². The van der Waals surface area contributed by atoms with Gasteiger partial charge in [0.25, 0.3) is 5.56 Å². The van der Waals surface area contributed by atoms with Gasteiger partial charge in [-0.3, -0.25) is 9.36 Å². The quantitative estimate of drug-likeness (QED) is 0.480. The molecule has 0 aliphatic rings. The third-order valence-corrected chi connectivity index (χ3v) is 4.44. The van der Waals surface area contributed by atoms with Crippen molar-refractivity contribution in [3.63, 3.8) is 0 Å². The van der Waals surface area contributed by atoms with Crippen molar-refractivity contribution < 1.29 is 32.5 Å². The van der Waals surface area contributed by atoms with Gasteiger partial charge >= 0.3 is 17.8 Å². The lowest BCUT2D eigenvalue weighted by Crippen LogP contribution is -2.40. The van der Waals surface area contributed by atoms with Crippen LogP contribution in [0.1, 0.15) is 12.6 Å². The molecule has 0 bridgehead atoms. The fraction of sp³-hybridized carbons (Fsp3) is 0.278. The molecular formula is C18H15Cl2F3N2O6. The lowest BCUT2D eigenvalue weighted by Gasteiger charge is -2.16. The van der Waals surface area contributed by atoms with Crippen molar-refractivity contribution in [2.45, 2.75) is 13.1 Å². The summed E-state index contributed by atoms with van der Waals surface area (Å²) in [6, 6.07) is 2.46. The molecule has 2 rings (SSSR count). The highest BCUT2D eigenvalue weighted by Gasteiger charge is 2.35. The van der Waals surface area contributed by atoms with E-state index in [1.165, 1.54) is 0 Å². The predicted molar refractivity (Wildman–Crippen MR) is 105 cm³/mol.